The van der Waals surface area contributed by atoms with Gasteiger partial charge in [-0.3, -0.25) is 9.59 Å². The number of sulfonamides is 1. The molecule has 1 aliphatic heterocycles. The Hall–Kier alpha value is -3.52. The number of halogens is 4. The zero-order valence-electron chi connectivity index (χ0n) is 26.3. The van der Waals surface area contributed by atoms with Gasteiger partial charge in [0, 0.05) is 44.7 Å². The molecule has 2 atom stereocenters. The molecule has 3 aromatic rings. The number of nitrogens with zero attached hydrogens (tertiary/aromatic N) is 2. The van der Waals surface area contributed by atoms with Crippen LogP contribution >= 0.6 is 23.2 Å². The number of carbonyl (C=O) groups excluding carboxylic acids is 2. The molecule has 0 unspecified atom stereocenters. The van der Waals surface area contributed by atoms with E-state index >= 15 is 0 Å². The zero-order chi connectivity index (χ0) is 34.6. The molecule has 0 spiro atoms. The number of esters is 1. The molecule has 5 rings (SSSR count). The van der Waals surface area contributed by atoms with Crippen LogP contribution in [-0.4, -0.2) is 69.9 Å². The average Bonchev–Trinajstić information content (AvgIpc) is 3.89. The van der Waals surface area contributed by atoms with E-state index in [4.69, 9.17) is 32.7 Å². The third-order valence-electron chi connectivity index (χ3n) is 8.21. The second-order valence-electron chi connectivity index (χ2n) is 12.0. The number of H-pyrrole nitrogens is 1. The van der Waals surface area contributed by atoms with E-state index in [0.717, 1.165) is 12.8 Å². The van der Waals surface area contributed by atoms with Crippen molar-refractivity contribution in [3.05, 3.63) is 81.6 Å². The lowest BCUT2D eigenvalue weighted by Crippen LogP contribution is -2.43. The molecular weight excluding hydrogens is 691 g/mol. The maximum Gasteiger partial charge on any atom is 0.387 e. The first kappa shape index (κ1) is 35.8. The number of rotatable bonds is 13. The molecule has 0 bridgehead atoms. The number of hydrogen-bond donors (Lipinski definition) is 0. The Balaban J connectivity index is 1.40. The van der Waals surface area contributed by atoms with Crippen molar-refractivity contribution in [3.63, 3.8) is 0 Å². The Morgan fingerprint density at radius 2 is 1.77 bits per heavy atom. The minimum absolute atomic E-state index is 0.0244. The standard InChI is InChI=1S/C33H35Cl2F2N3O7S/c1-39(2)31(41)22-5-3-7-24(13-22)48(43,44)40-12-4-6-23(18-40)32(42)46-29(15-25-26(34)16-38-17-27(25)35)21-10-11-28(47-33(36)37)30(14-21)45-19-20-8-9-20/h3,5,7,10-11,13-14,16-17,20,23,29,33H,4,6,8-9,12,15,18-19H2,1-2H3/p+1/t23-,29-/m0/s1. The van der Waals surface area contributed by atoms with Gasteiger partial charge in [0.05, 0.1) is 17.4 Å². The summed E-state index contributed by atoms with van der Waals surface area (Å²) in [5.74, 6) is -1.58. The number of pyridine rings is 1. The number of nitrogens with one attached hydrogen (secondary N) is 1. The van der Waals surface area contributed by atoms with E-state index in [1.54, 1.807) is 14.1 Å². The monoisotopic (exact) mass is 726 g/mol. The Bertz CT molecular complexity index is 1740. The van der Waals surface area contributed by atoms with Crippen LogP contribution in [0, 0.1) is 11.8 Å². The number of aromatic amines is 1. The molecular formula is C33H36Cl2F2N3O7S+. The fraction of sp³-hybridized carbons (Fsp3) is 0.424. The van der Waals surface area contributed by atoms with Crippen LogP contribution in [0.25, 0.3) is 0 Å². The maximum absolute atomic E-state index is 13.8. The summed E-state index contributed by atoms with van der Waals surface area (Å²) in [5, 5.41) is 0.577. The number of aromatic nitrogens is 1. The van der Waals surface area contributed by atoms with Crippen LogP contribution < -0.4 is 14.5 Å². The lowest BCUT2D eigenvalue weighted by Gasteiger charge is -2.32. The number of hydrogen-bond acceptors (Lipinski definition) is 7. The van der Waals surface area contributed by atoms with Crippen molar-refractivity contribution in [2.24, 2.45) is 11.8 Å². The van der Waals surface area contributed by atoms with E-state index in [1.807, 2.05) is 0 Å². The van der Waals surface area contributed by atoms with E-state index in [0.29, 0.717) is 36.5 Å². The van der Waals surface area contributed by atoms with Crippen molar-refractivity contribution in [3.8, 4) is 11.5 Å². The maximum atomic E-state index is 13.8. The minimum Gasteiger partial charge on any atom is -0.489 e. The molecule has 1 amide bonds. The summed E-state index contributed by atoms with van der Waals surface area (Å²) < 4.78 is 71.5. The molecule has 0 radical (unpaired) electrons. The van der Waals surface area contributed by atoms with Crippen molar-refractivity contribution in [2.75, 3.05) is 33.8 Å². The molecule has 1 saturated heterocycles. The highest BCUT2D eigenvalue weighted by Gasteiger charge is 2.36. The molecule has 2 aliphatic rings. The highest BCUT2D eigenvalue weighted by molar-refractivity contribution is 7.89. The summed E-state index contributed by atoms with van der Waals surface area (Å²) >= 11 is 12.9. The lowest BCUT2D eigenvalue weighted by atomic mass is 9.98. The largest absolute Gasteiger partial charge is 0.489 e. The number of ether oxygens (including phenoxy) is 3. The highest BCUT2D eigenvalue weighted by Crippen LogP contribution is 2.38. The second-order valence-corrected chi connectivity index (χ2v) is 14.8. The summed E-state index contributed by atoms with van der Waals surface area (Å²) in [5.41, 5.74) is 1.11. The normalized spacial score (nSPS) is 17.5. The molecule has 1 aliphatic carbocycles. The number of benzene rings is 2. The van der Waals surface area contributed by atoms with Crippen molar-refractivity contribution < 1.29 is 46.0 Å². The zero-order valence-corrected chi connectivity index (χ0v) is 28.7. The first-order chi connectivity index (χ1) is 22.8. The van der Waals surface area contributed by atoms with Crippen molar-refractivity contribution in [2.45, 2.75) is 49.7 Å². The van der Waals surface area contributed by atoms with Crippen LogP contribution in [0.4, 0.5) is 8.78 Å². The molecule has 1 N–H and O–H groups in total. The minimum atomic E-state index is -4.05. The molecule has 48 heavy (non-hydrogen) atoms. The highest BCUT2D eigenvalue weighted by atomic mass is 35.5. The second kappa shape index (κ2) is 15.4. The summed E-state index contributed by atoms with van der Waals surface area (Å²) in [7, 11) is -0.909. The van der Waals surface area contributed by atoms with E-state index < -0.39 is 34.6 Å². The van der Waals surface area contributed by atoms with Crippen LogP contribution in [0.1, 0.15) is 53.3 Å². The van der Waals surface area contributed by atoms with Crippen molar-refractivity contribution in [1.29, 1.82) is 0 Å². The van der Waals surface area contributed by atoms with Gasteiger partial charge >= 0.3 is 12.6 Å². The van der Waals surface area contributed by atoms with Crippen LogP contribution in [-0.2, 0) is 26.0 Å². The van der Waals surface area contributed by atoms with E-state index in [2.05, 4.69) is 9.72 Å². The van der Waals surface area contributed by atoms with E-state index in [-0.39, 0.29) is 57.4 Å². The Kier molecular flexibility index (Phi) is 11.4. The van der Waals surface area contributed by atoms with Crippen LogP contribution in [0.2, 0.25) is 10.0 Å². The van der Waals surface area contributed by atoms with Crippen LogP contribution in [0.3, 0.4) is 0 Å². The van der Waals surface area contributed by atoms with E-state index in [9.17, 15) is 26.8 Å². The van der Waals surface area contributed by atoms with Gasteiger partial charge in [0.2, 0.25) is 10.0 Å². The molecule has 10 nitrogen and oxygen atoms in total. The van der Waals surface area contributed by atoms with Gasteiger partial charge in [-0.15, -0.1) is 0 Å². The van der Waals surface area contributed by atoms with E-state index in [1.165, 1.54) is 64.1 Å². The third kappa shape index (κ3) is 8.73. The molecule has 258 valence electrons. The van der Waals surface area contributed by atoms with Gasteiger partial charge < -0.3 is 19.1 Å². The summed E-state index contributed by atoms with van der Waals surface area (Å²) in [6.07, 6.45) is 4.78. The van der Waals surface area contributed by atoms with Crippen molar-refractivity contribution in [1.82, 2.24) is 9.21 Å². The summed E-state index contributed by atoms with van der Waals surface area (Å²) in [4.78, 5) is 30.4. The van der Waals surface area contributed by atoms with Crippen molar-refractivity contribution >= 4 is 45.1 Å². The van der Waals surface area contributed by atoms with Crippen LogP contribution in [0.5, 0.6) is 11.5 Å². The molecule has 1 aromatic heterocycles. The Morgan fingerprint density at radius 3 is 2.44 bits per heavy atom. The van der Waals surface area contributed by atoms with Gasteiger partial charge in [0.1, 0.15) is 16.1 Å². The van der Waals surface area contributed by atoms with Gasteiger partial charge in [-0.2, -0.15) is 13.1 Å². The third-order valence-corrected chi connectivity index (χ3v) is 10.7. The number of carbonyl (C=O) groups is 2. The number of amides is 1. The van der Waals surface area contributed by atoms with Gasteiger partial charge in [-0.25, -0.2) is 13.4 Å². The molecule has 15 heteroatoms. The van der Waals surface area contributed by atoms with Crippen LogP contribution in [0.15, 0.2) is 59.8 Å². The fourth-order valence-corrected chi connectivity index (χ4v) is 7.50. The number of alkyl halides is 2. The predicted octanol–water partition coefficient (Wildman–Crippen LogP) is 5.83. The first-order valence-corrected chi connectivity index (χ1v) is 17.6. The summed E-state index contributed by atoms with van der Waals surface area (Å²) in [6.45, 7) is -2.72. The molecule has 2 aromatic carbocycles. The first-order valence-electron chi connectivity index (χ1n) is 15.4. The van der Waals surface area contributed by atoms with Gasteiger partial charge in [-0.05, 0) is 67.5 Å². The Morgan fingerprint density at radius 1 is 1.04 bits per heavy atom. The van der Waals surface area contributed by atoms with Gasteiger partial charge in [-0.1, -0.05) is 35.3 Å². The Labute approximate surface area is 287 Å². The molecule has 1 saturated carbocycles. The summed E-state index contributed by atoms with van der Waals surface area (Å²) in [6, 6.07) is 10.1. The number of piperidine rings is 1. The smallest absolute Gasteiger partial charge is 0.387 e. The average molecular weight is 728 g/mol. The molecule has 2 fully saturated rings. The lowest BCUT2D eigenvalue weighted by molar-refractivity contribution is -0.377. The fourth-order valence-electron chi connectivity index (χ4n) is 5.39. The quantitative estimate of drug-likeness (QED) is 0.204. The SMILES string of the molecule is CN(C)C(=O)c1cccc(S(=O)(=O)N2CCC[C@H](C(=O)O[C@@H](Cc3c(Cl)c[nH+]cc3Cl)c3ccc(OC(F)F)c(OCC4CC4)c3)C2)c1. The topological polar surface area (TPSA) is 117 Å². The van der Waals surface area contributed by atoms with Gasteiger partial charge in [0.15, 0.2) is 23.9 Å². The predicted molar refractivity (Wildman–Crippen MR) is 173 cm³/mol. The molecule has 2 heterocycles. The van der Waals surface area contributed by atoms with Gasteiger partial charge in [0.25, 0.3) is 5.91 Å².